The minimum atomic E-state index is 0.240. The van der Waals surface area contributed by atoms with E-state index in [1.54, 1.807) is 0 Å². The van der Waals surface area contributed by atoms with Gasteiger partial charge in [-0.15, -0.1) is 0 Å². The van der Waals surface area contributed by atoms with Gasteiger partial charge in [0.2, 0.25) is 0 Å². The molecule has 1 rings (SSSR count). The molecule has 1 aliphatic rings. The third-order valence-corrected chi connectivity index (χ3v) is 2.47. The van der Waals surface area contributed by atoms with E-state index in [-0.39, 0.29) is 5.54 Å². The van der Waals surface area contributed by atoms with Crippen molar-refractivity contribution in [2.24, 2.45) is 0 Å². The van der Waals surface area contributed by atoms with E-state index in [1.807, 2.05) is 0 Å². The quantitative estimate of drug-likeness (QED) is 0.670. The number of piperidine rings is 1. The molecule has 1 fully saturated rings. The lowest BCUT2D eigenvalue weighted by molar-refractivity contribution is 0.153. The zero-order chi connectivity index (χ0) is 10.4. The maximum atomic E-state index is 3.47. The Balaban J connectivity index is 1.97. The molecular weight excluding hydrogens is 174 g/mol. The van der Waals surface area contributed by atoms with Gasteiger partial charge in [0.25, 0.3) is 0 Å². The SMILES string of the molecule is CC(C)(C)NCCNN1CCCCC1. The minimum absolute atomic E-state index is 0.240. The van der Waals surface area contributed by atoms with Crippen LogP contribution < -0.4 is 10.7 Å². The molecule has 1 saturated heterocycles. The van der Waals surface area contributed by atoms with E-state index in [2.05, 4.69) is 36.5 Å². The van der Waals surface area contributed by atoms with Gasteiger partial charge in [0, 0.05) is 31.7 Å². The maximum absolute atomic E-state index is 3.47. The van der Waals surface area contributed by atoms with Crippen LogP contribution in [0.15, 0.2) is 0 Å². The molecule has 0 aromatic carbocycles. The summed E-state index contributed by atoms with van der Waals surface area (Å²) in [6.45, 7) is 11.1. The van der Waals surface area contributed by atoms with E-state index >= 15 is 0 Å². The van der Waals surface area contributed by atoms with Crippen molar-refractivity contribution in [2.75, 3.05) is 26.2 Å². The van der Waals surface area contributed by atoms with Gasteiger partial charge < -0.3 is 5.32 Å². The van der Waals surface area contributed by atoms with E-state index < -0.39 is 0 Å². The average molecular weight is 199 g/mol. The Labute approximate surface area is 88.2 Å². The van der Waals surface area contributed by atoms with Crippen LogP contribution in [0.3, 0.4) is 0 Å². The summed E-state index contributed by atoms with van der Waals surface area (Å²) in [6, 6.07) is 0. The fourth-order valence-electron chi connectivity index (χ4n) is 1.70. The molecule has 0 aliphatic carbocycles. The number of rotatable bonds is 4. The van der Waals surface area contributed by atoms with Crippen molar-refractivity contribution in [1.82, 2.24) is 15.8 Å². The maximum Gasteiger partial charge on any atom is 0.0228 e. The molecule has 84 valence electrons. The minimum Gasteiger partial charge on any atom is -0.311 e. The summed E-state index contributed by atoms with van der Waals surface area (Å²) in [5.74, 6) is 0. The van der Waals surface area contributed by atoms with Crippen LogP contribution >= 0.6 is 0 Å². The van der Waals surface area contributed by atoms with Crippen molar-refractivity contribution in [3.8, 4) is 0 Å². The van der Waals surface area contributed by atoms with E-state index in [4.69, 9.17) is 0 Å². The fourth-order valence-corrected chi connectivity index (χ4v) is 1.70. The summed E-state index contributed by atoms with van der Waals surface area (Å²) < 4.78 is 0. The first-order valence-electron chi connectivity index (χ1n) is 5.81. The van der Waals surface area contributed by atoms with Crippen LogP contribution in [0.2, 0.25) is 0 Å². The molecule has 0 unspecified atom stereocenters. The first kappa shape index (κ1) is 12.0. The number of hydrazine groups is 1. The van der Waals surface area contributed by atoms with Gasteiger partial charge in [-0.1, -0.05) is 6.42 Å². The molecule has 3 heteroatoms. The summed E-state index contributed by atoms with van der Waals surface area (Å²) in [4.78, 5) is 0. The number of hydrogen-bond donors (Lipinski definition) is 2. The topological polar surface area (TPSA) is 27.3 Å². The number of hydrogen-bond acceptors (Lipinski definition) is 3. The first-order chi connectivity index (χ1) is 6.58. The molecule has 0 amide bonds. The Morgan fingerprint density at radius 3 is 2.21 bits per heavy atom. The lowest BCUT2D eigenvalue weighted by Gasteiger charge is -2.28. The molecule has 0 bridgehead atoms. The van der Waals surface area contributed by atoms with Crippen LogP contribution in [0.1, 0.15) is 40.0 Å². The molecular formula is C11H25N3. The van der Waals surface area contributed by atoms with Gasteiger partial charge in [0.1, 0.15) is 0 Å². The summed E-state index contributed by atoms with van der Waals surface area (Å²) in [7, 11) is 0. The highest BCUT2D eigenvalue weighted by molar-refractivity contribution is 4.70. The van der Waals surface area contributed by atoms with Gasteiger partial charge in [-0.3, -0.25) is 5.43 Å². The smallest absolute Gasteiger partial charge is 0.0228 e. The van der Waals surface area contributed by atoms with Crippen LogP contribution in [-0.4, -0.2) is 36.7 Å². The largest absolute Gasteiger partial charge is 0.311 e. The fraction of sp³-hybridized carbons (Fsp3) is 1.00. The van der Waals surface area contributed by atoms with Crippen LogP contribution in [0.25, 0.3) is 0 Å². The summed E-state index contributed by atoms with van der Waals surface area (Å²) in [5, 5.41) is 5.83. The normalized spacial score (nSPS) is 19.9. The van der Waals surface area contributed by atoms with Gasteiger partial charge in [-0.05, 0) is 33.6 Å². The molecule has 1 aliphatic heterocycles. The molecule has 0 saturated carbocycles. The van der Waals surface area contributed by atoms with Gasteiger partial charge in [0.05, 0.1) is 0 Å². The highest BCUT2D eigenvalue weighted by Gasteiger charge is 2.10. The molecule has 0 atom stereocenters. The second-order valence-corrected chi connectivity index (χ2v) is 5.13. The van der Waals surface area contributed by atoms with Crippen molar-refractivity contribution in [1.29, 1.82) is 0 Å². The van der Waals surface area contributed by atoms with Crippen molar-refractivity contribution in [2.45, 2.75) is 45.6 Å². The van der Waals surface area contributed by atoms with Gasteiger partial charge in [-0.25, -0.2) is 5.01 Å². The number of nitrogens with one attached hydrogen (secondary N) is 2. The van der Waals surface area contributed by atoms with Crippen molar-refractivity contribution in [3.05, 3.63) is 0 Å². The molecule has 0 aromatic heterocycles. The van der Waals surface area contributed by atoms with E-state index in [0.29, 0.717) is 0 Å². The highest BCUT2D eigenvalue weighted by Crippen LogP contribution is 2.05. The summed E-state index contributed by atoms with van der Waals surface area (Å²) in [5.41, 5.74) is 3.70. The molecule has 0 aromatic rings. The molecule has 0 radical (unpaired) electrons. The third-order valence-electron chi connectivity index (χ3n) is 2.47. The van der Waals surface area contributed by atoms with E-state index in [1.165, 1.54) is 32.4 Å². The van der Waals surface area contributed by atoms with Crippen LogP contribution in [-0.2, 0) is 0 Å². The first-order valence-corrected chi connectivity index (χ1v) is 5.81. The second kappa shape index (κ2) is 5.69. The van der Waals surface area contributed by atoms with Gasteiger partial charge >= 0.3 is 0 Å². The van der Waals surface area contributed by atoms with Crippen molar-refractivity contribution < 1.29 is 0 Å². The zero-order valence-corrected chi connectivity index (χ0v) is 9.90. The predicted molar refractivity (Wildman–Crippen MR) is 61.2 cm³/mol. The highest BCUT2D eigenvalue weighted by atomic mass is 15.5. The standard InChI is InChI=1S/C11H25N3/c1-11(2,3)12-7-8-13-14-9-5-4-6-10-14/h12-13H,4-10H2,1-3H3. The Hall–Kier alpha value is -0.120. The van der Waals surface area contributed by atoms with Crippen molar-refractivity contribution >= 4 is 0 Å². The van der Waals surface area contributed by atoms with Crippen molar-refractivity contribution in [3.63, 3.8) is 0 Å². The zero-order valence-electron chi connectivity index (χ0n) is 9.90. The number of nitrogens with zero attached hydrogens (tertiary/aromatic N) is 1. The van der Waals surface area contributed by atoms with Gasteiger partial charge in [-0.2, -0.15) is 0 Å². The second-order valence-electron chi connectivity index (χ2n) is 5.13. The molecule has 1 heterocycles. The third kappa shape index (κ3) is 5.58. The molecule has 14 heavy (non-hydrogen) atoms. The Morgan fingerprint density at radius 2 is 1.64 bits per heavy atom. The average Bonchev–Trinajstić information content (AvgIpc) is 2.13. The Kier molecular flexibility index (Phi) is 4.85. The lowest BCUT2D eigenvalue weighted by atomic mass is 10.1. The molecule has 3 nitrogen and oxygen atoms in total. The van der Waals surface area contributed by atoms with Crippen LogP contribution in [0.4, 0.5) is 0 Å². The summed E-state index contributed by atoms with van der Waals surface area (Å²) >= 11 is 0. The summed E-state index contributed by atoms with van der Waals surface area (Å²) in [6.07, 6.45) is 4.10. The monoisotopic (exact) mass is 199 g/mol. The van der Waals surface area contributed by atoms with Crippen LogP contribution in [0.5, 0.6) is 0 Å². The Morgan fingerprint density at radius 1 is 1.00 bits per heavy atom. The van der Waals surface area contributed by atoms with Gasteiger partial charge in [0.15, 0.2) is 0 Å². The lowest BCUT2D eigenvalue weighted by Crippen LogP contribution is -2.46. The van der Waals surface area contributed by atoms with E-state index in [0.717, 1.165) is 13.1 Å². The predicted octanol–water partition coefficient (Wildman–Crippen LogP) is 1.36. The molecule has 2 N–H and O–H groups in total. The van der Waals surface area contributed by atoms with Crippen LogP contribution in [0, 0.1) is 0 Å². The van der Waals surface area contributed by atoms with E-state index in [9.17, 15) is 0 Å². The Bertz CT molecular complexity index is 145. The molecule has 0 spiro atoms.